The van der Waals surface area contributed by atoms with E-state index < -0.39 is 24.0 Å². The zero-order chi connectivity index (χ0) is 25.1. The van der Waals surface area contributed by atoms with Crippen molar-refractivity contribution in [1.82, 2.24) is 10.2 Å². The number of rotatable bonds is 7. The maximum Gasteiger partial charge on any atom is 0.407 e. The topological polar surface area (TPSA) is 95.9 Å². The number of hydrogen-bond donors (Lipinski definition) is 2. The first-order valence-electron chi connectivity index (χ1n) is 12.4. The highest BCUT2D eigenvalue weighted by atomic mass is 16.5. The summed E-state index contributed by atoms with van der Waals surface area (Å²) < 4.78 is 5.66. The zero-order valence-corrected chi connectivity index (χ0v) is 20.6. The first-order chi connectivity index (χ1) is 16.8. The second-order valence-electron chi connectivity index (χ2n) is 9.94. The van der Waals surface area contributed by atoms with E-state index in [1.807, 2.05) is 38.1 Å². The van der Waals surface area contributed by atoms with Gasteiger partial charge in [-0.05, 0) is 47.9 Å². The van der Waals surface area contributed by atoms with Gasteiger partial charge in [0.2, 0.25) is 5.91 Å². The molecule has 2 unspecified atom stereocenters. The first-order valence-corrected chi connectivity index (χ1v) is 12.4. The molecular formula is C28H34N2O5. The number of fused-ring (bicyclic) bond motifs is 3. The van der Waals surface area contributed by atoms with Crippen molar-refractivity contribution >= 4 is 18.0 Å². The van der Waals surface area contributed by atoms with Gasteiger partial charge >= 0.3 is 12.1 Å². The Morgan fingerprint density at radius 2 is 1.66 bits per heavy atom. The number of likely N-dealkylation sites (tertiary alicyclic amines) is 1. The van der Waals surface area contributed by atoms with Crippen molar-refractivity contribution < 1.29 is 24.2 Å². The summed E-state index contributed by atoms with van der Waals surface area (Å²) in [4.78, 5) is 39.0. The van der Waals surface area contributed by atoms with Crippen molar-refractivity contribution in [3.8, 4) is 11.1 Å². The number of amides is 2. The Kier molecular flexibility index (Phi) is 7.43. The number of carbonyl (C=O) groups is 3. The molecule has 2 aromatic rings. The highest BCUT2D eigenvalue weighted by molar-refractivity contribution is 5.81. The molecule has 1 aliphatic carbocycles. The van der Waals surface area contributed by atoms with E-state index in [1.54, 1.807) is 11.8 Å². The molecule has 1 fully saturated rings. The predicted molar refractivity (Wildman–Crippen MR) is 133 cm³/mol. The van der Waals surface area contributed by atoms with E-state index >= 15 is 0 Å². The molecular weight excluding hydrogens is 444 g/mol. The smallest absolute Gasteiger partial charge is 0.407 e. The van der Waals surface area contributed by atoms with Crippen molar-refractivity contribution in [3.05, 3.63) is 59.7 Å². The fourth-order valence-electron chi connectivity index (χ4n) is 5.38. The van der Waals surface area contributed by atoms with Gasteiger partial charge in [0.15, 0.2) is 0 Å². The number of carboxylic acid groups (broad SMARTS) is 1. The van der Waals surface area contributed by atoms with E-state index in [-0.39, 0.29) is 36.8 Å². The molecule has 3 atom stereocenters. The number of nitrogens with zero attached hydrogens (tertiary/aromatic N) is 1. The van der Waals surface area contributed by atoms with E-state index in [2.05, 4.69) is 29.6 Å². The van der Waals surface area contributed by atoms with Crippen LogP contribution in [0.15, 0.2) is 48.5 Å². The Hall–Kier alpha value is -3.35. The second-order valence-corrected chi connectivity index (χ2v) is 9.94. The predicted octanol–water partition coefficient (Wildman–Crippen LogP) is 4.65. The minimum atomic E-state index is -0.868. The molecule has 0 radical (unpaired) electrons. The molecule has 0 aromatic heterocycles. The summed E-state index contributed by atoms with van der Waals surface area (Å²) in [5.74, 6) is -1.59. The van der Waals surface area contributed by atoms with E-state index in [0.29, 0.717) is 19.4 Å². The molecule has 35 heavy (non-hydrogen) atoms. The molecule has 2 aromatic carbocycles. The standard InChI is InChI=1S/C28H34N2O5/c1-17(2)25(15-26(31)30-14-8-13-19(18(30)3)27(32)33)29-28(34)35-16-24-22-11-6-4-9-20(22)21-10-5-7-12-23(21)24/h4-7,9-12,17-19,24-25H,8,13-16H2,1-3H3,(H,29,34)(H,32,33)/t18?,19?,25-/m0/s1. The molecule has 0 saturated carbocycles. The minimum absolute atomic E-state index is 0.00907. The van der Waals surface area contributed by atoms with Crippen LogP contribution < -0.4 is 5.32 Å². The third kappa shape index (κ3) is 5.19. The number of alkyl carbamates (subject to hydrolysis) is 1. The summed E-state index contributed by atoms with van der Waals surface area (Å²) in [7, 11) is 0. The number of benzene rings is 2. The van der Waals surface area contributed by atoms with Crippen LogP contribution in [0.3, 0.4) is 0 Å². The van der Waals surface area contributed by atoms with Gasteiger partial charge in [-0.25, -0.2) is 4.79 Å². The third-order valence-electron chi connectivity index (χ3n) is 7.47. The number of carboxylic acids is 1. The Morgan fingerprint density at radius 3 is 2.23 bits per heavy atom. The van der Waals surface area contributed by atoms with Crippen molar-refractivity contribution in [2.24, 2.45) is 11.8 Å². The SMILES string of the molecule is CC(C)[C@H](CC(=O)N1CCCC(C(=O)O)C1C)NC(=O)OCC1c2ccccc2-c2ccccc21. The van der Waals surface area contributed by atoms with E-state index in [1.165, 1.54) is 0 Å². The zero-order valence-electron chi connectivity index (χ0n) is 20.6. The van der Waals surface area contributed by atoms with Crippen molar-refractivity contribution in [3.63, 3.8) is 0 Å². The second kappa shape index (κ2) is 10.5. The number of ether oxygens (including phenoxy) is 1. The summed E-state index contributed by atoms with van der Waals surface area (Å²) in [6.07, 6.45) is 0.803. The van der Waals surface area contributed by atoms with Gasteiger partial charge in [0, 0.05) is 31.0 Å². The maximum absolute atomic E-state index is 13.1. The third-order valence-corrected chi connectivity index (χ3v) is 7.47. The number of hydrogen-bond acceptors (Lipinski definition) is 4. The van der Waals surface area contributed by atoms with E-state index in [0.717, 1.165) is 22.3 Å². The Morgan fingerprint density at radius 1 is 1.06 bits per heavy atom. The summed E-state index contributed by atoms with van der Waals surface area (Å²) in [6.45, 7) is 6.43. The molecule has 0 bridgehead atoms. The highest BCUT2D eigenvalue weighted by Gasteiger charge is 2.36. The molecule has 2 N–H and O–H groups in total. The molecule has 0 spiro atoms. The molecule has 1 saturated heterocycles. The Labute approximate surface area is 206 Å². The number of piperidine rings is 1. The van der Waals surface area contributed by atoms with Crippen molar-refractivity contribution in [2.45, 2.75) is 58.0 Å². The molecule has 1 heterocycles. The number of nitrogens with one attached hydrogen (secondary N) is 1. The largest absolute Gasteiger partial charge is 0.481 e. The highest BCUT2D eigenvalue weighted by Crippen LogP contribution is 2.44. The van der Waals surface area contributed by atoms with E-state index in [9.17, 15) is 19.5 Å². The molecule has 2 amide bonds. The van der Waals surface area contributed by atoms with Gasteiger partial charge in [0.05, 0.1) is 5.92 Å². The van der Waals surface area contributed by atoms with Gasteiger partial charge < -0.3 is 20.1 Å². The summed E-state index contributed by atoms with van der Waals surface area (Å²) >= 11 is 0. The Bertz CT molecular complexity index is 1050. The molecule has 2 aliphatic rings. The average molecular weight is 479 g/mol. The quantitative estimate of drug-likeness (QED) is 0.604. The van der Waals surface area contributed by atoms with Crippen LogP contribution in [0.1, 0.15) is 57.1 Å². The van der Waals surface area contributed by atoms with Crippen LogP contribution in [0, 0.1) is 11.8 Å². The molecule has 7 nitrogen and oxygen atoms in total. The lowest BCUT2D eigenvalue weighted by Crippen LogP contribution is -2.51. The minimum Gasteiger partial charge on any atom is -0.481 e. The lowest BCUT2D eigenvalue weighted by Gasteiger charge is -2.38. The van der Waals surface area contributed by atoms with Crippen LogP contribution in [-0.2, 0) is 14.3 Å². The normalized spacial score (nSPS) is 20.2. The van der Waals surface area contributed by atoms with Gasteiger partial charge in [-0.15, -0.1) is 0 Å². The van der Waals surface area contributed by atoms with Crippen LogP contribution in [0.25, 0.3) is 11.1 Å². The Balaban J connectivity index is 1.38. The van der Waals surface area contributed by atoms with Gasteiger partial charge in [-0.1, -0.05) is 62.4 Å². The lowest BCUT2D eigenvalue weighted by atomic mass is 9.89. The molecule has 4 rings (SSSR count). The van der Waals surface area contributed by atoms with Crippen molar-refractivity contribution in [2.75, 3.05) is 13.2 Å². The average Bonchev–Trinajstić information content (AvgIpc) is 3.16. The van der Waals surface area contributed by atoms with Crippen molar-refractivity contribution in [1.29, 1.82) is 0 Å². The van der Waals surface area contributed by atoms with Gasteiger partial charge in [-0.3, -0.25) is 9.59 Å². The molecule has 1 aliphatic heterocycles. The monoisotopic (exact) mass is 478 g/mol. The van der Waals surface area contributed by atoms with Crippen LogP contribution in [0.4, 0.5) is 4.79 Å². The summed E-state index contributed by atoms with van der Waals surface area (Å²) in [5, 5.41) is 12.3. The fourth-order valence-corrected chi connectivity index (χ4v) is 5.38. The molecule has 186 valence electrons. The first kappa shape index (κ1) is 24.8. The van der Waals surface area contributed by atoms with Crippen LogP contribution in [0.5, 0.6) is 0 Å². The van der Waals surface area contributed by atoms with Crippen LogP contribution in [-0.4, -0.2) is 53.2 Å². The van der Waals surface area contributed by atoms with Gasteiger partial charge in [-0.2, -0.15) is 0 Å². The molecule has 7 heteroatoms. The van der Waals surface area contributed by atoms with Gasteiger partial charge in [0.1, 0.15) is 6.61 Å². The van der Waals surface area contributed by atoms with E-state index in [4.69, 9.17) is 4.74 Å². The van der Waals surface area contributed by atoms with Gasteiger partial charge in [0.25, 0.3) is 0 Å². The lowest BCUT2D eigenvalue weighted by molar-refractivity contribution is -0.149. The van der Waals surface area contributed by atoms with Crippen LogP contribution >= 0.6 is 0 Å². The fraction of sp³-hybridized carbons (Fsp3) is 0.464. The number of carbonyl (C=O) groups excluding carboxylic acids is 2. The summed E-state index contributed by atoms with van der Waals surface area (Å²) in [6, 6.07) is 15.6. The summed E-state index contributed by atoms with van der Waals surface area (Å²) in [5.41, 5.74) is 4.62. The maximum atomic E-state index is 13.1. The van der Waals surface area contributed by atoms with Crippen LogP contribution in [0.2, 0.25) is 0 Å². The number of aliphatic carboxylic acids is 1.